The summed E-state index contributed by atoms with van der Waals surface area (Å²) in [6.45, 7) is 22.7. The van der Waals surface area contributed by atoms with Gasteiger partial charge in [-0.2, -0.15) is 0 Å². The maximum atomic E-state index is 6.44. The molecule has 0 bridgehead atoms. The second-order valence-electron chi connectivity index (χ2n) is 19.4. The third-order valence-electron chi connectivity index (χ3n) is 12.6. The molecule has 4 aromatic heterocycles. The Hall–Kier alpha value is -6.24. The van der Waals surface area contributed by atoms with Gasteiger partial charge in [-0.05, 0) is 111 Å². The SMILES string of the molecule is CC(C)c1ccc(-c2cc(-c3[c-]cccc3)ncc2[Si](C)(C)C)cc1.Cc1ccc2c(n1)oc1c(-c3nc4ccccc4n3-c3c(C(C)C)cc(-c4ccccc4)cc3C(C)C)[c-]ccc12.[Ir]. The predicted molar refractivity (Wildman–Crippen MR) is 280 cm³/mol. The summed E-state index contributed by atoms with van der Waals surface area (Å²) < 4.78 is 8.78. The van der Waals surface area contributed by atoms with Crippen molar-refractivity contribution in [3.8, 4) is 50.6 Å². The molecule has 339 valence electrons. The van der Waals surface area contributed by atoms with E-state index in [4.69, 9.17) is 14.4 Å². The topological polar surface area (TPSA) is 56.7 Å². The van der Waals surface area contributed by atoms with E-state index >= 15 is 0 Å². The van der Waals surface area contributed by atoms with Crippen LogP contribution in [0, 0.1) is 19.1 Å². The van der Waals surface area contributed by atoms with Crippen molar-refractivity contribution in [1.29, 1.82) is 0 Å². The molecule has 0 aliphatic heterocycles. The number of nitrogens with zero attached hydrogens (tertiary/aromatic N) is 4. The molecular weight excluding hydrogens is 1010 g/mol. The molecule has 0 saturated heterocycles. The molecule has 0 spiro atoms. The van der Waals surface area contributed by atoms with Gasteiger partial charge in [0.25, 0.3) is 0 Å². The summed E-state index contributed by atoms with van der Waals surface area (Å²) in [5, 5.41) is 3.43. The number of aromatic nitrogens is 4. The smallest absolute Gasteiger partial charge is 0.216 e. The number of fused-ring (bicyclic) bond motifs is 4. The summed E-state index contributed by atoms with van der Waals surface area (Å²) in [5.41, 5.74) is 17.4. The second-order valence-corrected chi connectivity index (χ2v) is 24.4. The largest absolute Gasteiger partial charge is 0.486 e. The van der Waals surface area contributed by atoms with E-state index in [2.05, 4.69) is 198 Å². The average molecular weight is 1070 g/mol. The molecule has 6 aromatic carbocycles. The minimum atomic E-state index is -1.49. The van der Waals surface area contributed by atoms with E-state index in [0.29, 0.717) is 23.5 Å². The summed E-state index contributed by atoms with van der Waals surface area (Å²) in [7, 11) is -1.49. The van der Waals surface area contributed by atoms with E-state index in [1.54, 1.807) is 0 Å². The van der Waals surface area contributed by atoms with Crippen LogP contribution in [0.2, 0.25) is 19.6 Å². The zero-order valence-electron chi connectivity index (χ0n) is 40.2. The molecule has 10 rings (SSSR count). The van der Waals surface area contributed by atoms with Gasteiger partial charge < -0.3 is 14.0 Å². The van der Waals surface area contributed by atoms with Gasteiger partial charge in [0.15, 0.2) is 0 Å². The van der Waals surface area contributed by atoms with E-state index in [1.165, 1.54) is 49.8 Å². The molecule has 0 fully saturated rings. The molecule has 0 aliphatic rings. The molecule has 0 aliphatic carbocycles. The van der Waals surface area contributed by atoms with Crippen molar-refractivity contribution in [2.45, 2.75) is 85.9 Å². The Morgan fingerprint density at radius 3 is 1.96 bits per heavy atom. The van der Waals surface area contributed by atoms with Crippen LogP contribution in [0.25, 0.3) is 83.7 Å². The fraction of sp³-hybridized carbons (Fsp3) is 0.217. The number of benzene rings is 6. The first kappa shape index (κ1) is 47.3. The van der Waals surface area contributed by atoms with E-state index in [9.17, 15) is 0 Å². The molecule has 4 heterocycles. The molecule has 10 aromatic rings. The number of para-hydroxylation sites is 2. The second kappa shape index (κ2) is 19.5. The quantitative estimate of drug-likeness (QED) is 0.107. The van der Waals surface area contributed by atoms with Crippen molar-refractivity contribution in [2.75, 3.05) is 0 Å². The third kappa shape index (κ3) is 9.51. The Bertz CT molecular complexity index is 3300. The van der Waals surface area contributed by atoms with Gasteiger partial charge in [-0.3, -0.25) is 4.98 Å². The van der Waals surface area contributed by atoms with Crippen LogP contribution in [0.15, 0.2) is 156 Å². The molecule has 0 amide bonds. The van der Waals surface area contributed by atoms with Crippen LogP contribution in [-0.2, 0) is 20.1 Å². The summed E-state index contributed by atoms with van der Waals surface area (Å²) >= 11 is 0. The molecule has 0 atom stereocenters. The van der Waals surface area contributed by atoms with E-state index in [1.807, 2.05) is 43.3 Å². The van der Waals surface area contributed by atoms with Crippen LogP contribution in [-0.4, -0.2) is 27.6 Å². The van der Waals surface area contributed by atoms with Crippen molar-refractivity contribution < 1.29 is 24.5 Å². The Morgan fingerprint density at radius 1 is 0.612 bits per heavy atom. The first-order valence-corrected chi connectivity index (χ1v) is 26.8. The van der Waals surface area contributed by atoms with E-state index < -0.39 is 8.07 Å². The summed E-state index contributed by atoms with van der Waals surface area (Å²) in [6.07, 6.45) is 2.09. The van der Waals surface area contributed by atoms with Gasteiger partial charge in [0, 0.05) is 43.1 Å². The van der Waals surface area contributed by atoms with Gasteiger partial charge in [0.1, 0.15) is 0 Å². The maximum absolute atomic E-state index is 6.44. The molecule has 0 unspecified atom stereocenters. The molecule has 0 N–H and O–H groups in total. The maximum Gasteiger partial charge on any atom is 0.216 e. The van der Waals surface area contributed by atoms with Crippen molar-refractivity contribution in [2.24, 2.45) is 0 Å². The van der Waals surface area contributed by atoms with E-state index in [-0.39, 0.29) is 20.1 Å². The van der Waals surface area contributed by atoms with Gasteiger partial charge in [0.05, 0.1) is 30.5 Å². The normalized spacial score (nSPS) is 11.7. The molecule has 0 saturated carbocycles. The van der Waals surface area contributed by atoms with Crippen molar-refractivity contribution in [3.63, 3.8) is 0 Å². The fourth-order valence-electron chi connectivity index (χ4n) is 8.96. The molecule has 5 nitrogen and oxygen atoms in total. The number of imidazole rings is 1. The zero-order valence-corrected chi connectivity index (χ0v) is 43.6. The monoisotopic (exact) mass is 1070 g/mol. The Morgan fingerprint density at radius 2 is 1.30 bits per heavy atom. The molecule has 67 heavy (non-hydrogen) atoms. The van der Waals surface area contributed by atoms with Crippen LogP contribution in [0.4, 0.5) is 0 Å². The van der Waals surface area contributed by atoms with Crippen LogP contribution >= 0.6 is 0 Å². The van der Waals surface area contributed by atoms with Crippen molar-refractivity contribution in [1.82, 2.24) is 19.5 Å². The Balaban J connectivity index is 0.000000201. The number of aryl methyl sites for hydroxylation is 1. The summed E-state index contributed by atoms with van der Waals surface area (Å²) in [6, 6.07) is 58.0. The van der Waals surface area contributed by atoms with Gasteiger partial charge in [-0.25, -0.2) is 4.98 Å². The zero-order chi connectivity index (χ0) is 46.3. The van der Waals surface area contributed by atoms with Gasteiger partial charge in [-0.1, -0.05) is 145 Å². The van der Waals surface area contributed by atoms with Crippen LogP contribution in [0.5, 0.6) is 0 Å². The fourth-order valence-corrected chi connectivity index (χ4v) is 10.4. The van der Waals surface area contributed by atoms with Crippen LogP contribution in [0.3, 0.4) is 0 Å². The van der Waals surface area contributed by atoms with Gasteiger partial charge in [0.2, 0.25) is 5.71 Å². The predicted octanol–water partition coefficient (Wildman–Crippen LogP) is 15.9. The van der Waals surface area contributed by atoms with Crippen LogP contribution < -0.4 is 5.19 Å². The van der Waals surface area contributed by atoms with Crippen molar-refractivity contribution in [3.05, 3.63) is 186 Å². The molecule has 7 heteroatoms. The van der Waals surface area contributed by atoms with Gasteiger partial charge in [-0.15, -0.1) is 54.1 Å². The molecule has 1 radical (unpaired) electrons. The summed E-state index contributed by atoms with van der Waals surface area (Å²) in [5.74, 6) is 1.96. The van der Waals surface area contributed by atoms with Crippen LogP contribution in [0.1, 0.15) is 81.7 Å². The number of hydrogen-bond donors (Lipinski definition) is 0. The standard InChI is InChI=1S/C37H32N3O.C23H26NSi.Ir/c1-22(2)30-20-26(25-12-7-6-8-13-25)21-31(23(3)4)34(30)40-33-17-10-9-16-32(33)39-36(40)29-15-11-14-27-28-19-18-24(5)38-37(28)41-35(27)29;1-17(2)18-11-13-19(14-12-18)21-15-22(20-9-7-6-8-10-20)24-16-23(21)25(3,4)5;/h6-14,16-23H,1-5H3;6-9,11-17H,1-5H3;/q2*-1;. The number of pyridine rings is 2. The minimum absolute atomic E-state index is 0. The third-order valence-corrected chi connectivity index (χ3v) is 14.6. The first-order valence-electron chi connectivity index (χ1n) is 23.3. The Kier molecular flexibility index (Phi) is 13.8. The number of hydrogen-bond acceptors (Lipinski definition) is 4. The minimum Gasteiger partial charge on any atom is -0.486 e. The summed E-state index contributed by atoms with van der Waals surface area (Å²) in [4.78, 5) is 14.7. The molecular formula is C60H58IrN4OSi-2. The Labute approximate surface area is 410 Å². The number of rotatable bonds is 9. The first-order chi connectivity index (χ1) is 31.8. The van der Waals surface area contributed by atoms with Gasteiger partial charge >= 0.3 is 0 Å². The van der Waals surface area contributed by atoms with E-state index in [0.717, 1.165) is 55.7 Å². The van der Waals surface area contributed by atoms with Crippen molar-refractivity contribution >= 4 is 46.4 Å². The average Bonchev–Trinajstić information content (AvgIpc) is 3.89. The number of furan rings is 1.